The Morgan fingerprint density at radius 3 is 2.67 bits per heavy atom. The van der Waals surface area contributed by atoms with Crippen LogP contribution in [0.15, 0.2) is 0 Å². The van der Waals surface area contributed by atoms with Gasteiger partial charge in [0.25, 0.3) is 0 Å². The fourth-order valence-corrected chi connectivity index (χ4v) is 3.63. The lowest BCUT2D eigenvalue weighted by molar-refractivity contribution is -0.122. The third-order valence-corrected chi connectivity index (χ3v) is 5.22. The lowest BCUT2D eigenvalue weighted by atomic mass is 9.85. The van der Waals surface area contributed by atoms with Crippen LogP contribution < -0.4 is 10.6 Å². The Morgan fingerprint density at radius 1 is 1.42 bits per heavy atom. The predicted octanol–water partition coefficient (Wildman–Crippen LogP) is 2.53. The van der Waals surface area contributed by atoms with E-state index in [-0.39, 0.29) is 24.4 Å². The van der Waals surface area contributed by atoms with E-state index in [1.165, 1.54) is 24.1 Å². The van der Waals surface area contributed by atoms with E-state index in [0.29, 0.717) is 18.3 Å². The van der Waals surface area contributed by atoms with Crippen LogP contribution in [0.2, 0.25) is 0 Å². The van der Waals surface area contributed by atoms with Crippen LogP contribution in [0.1, 0.15) is 50.1 Å². The van der Waals surface area contributed by atoms with Crippen LogP contribution in [0.3, 0.4) is 0 Å². The maximum Gasteiger partial charge on any atom is 0.220 e. The summed E-state index contributed by atoms with van der Waals surface area (Å²) in [6, 6.07) is 0.140. The Labute approximate surface area is 152 Å². The first-order valence-electron chi connectivity index (χ1n) is 8.87. The highest BCUT2D eigenvalue weighted by Gasteiger charge is 2.23. The summed E-state index contributed by atoms with van der Waals surface area (Å²) in [5.74, 6) is 1.25. The summed E-state index contributed by atoms with van der Waals surface area (Å²) in [4.78, 5) is 12.3. The van der Waals surface area contributed by atoms with E-state index >= 15 is 0 Å². The number of carbonyl (C=O) groups excluding carboxylic acids is 1. The third kappa shape index (κ3) is 5.49. The van der Waals surface area contributed by atoms with Crippen LogP contribution >= 0.6 is 12.4 Å². The normalized spacial score (nSPS) is 20.1. The molecule has 2 N–H and O–H groups in total. The van der Waals surface area contributed by atoms with Gasteiger partial charge in [0.05, 0.1) is 5.69 Å². The predicted molar refractivity (Wildman–Crippen MR) is 101 cm³/mol. The molecule has 5 nitrogen and oxygen atoms in total. The number of carbonyl (C=O) groups is 1. The highest BCUT2D eigenvalue weighted by molar-refractivity contribution is 5.85. The minimum Gasteiger partial charge on any atom is -0.353 e. The van der Waals surface area contributed by atoms with E-state index in [9.17, 15) is 4.79 Å². The molecule has 3 atom stereocenters. The number of hydrogen-bond donors (Lipinski definition) is 2. The molecule has 0 aliphatic carbocycles. The summed E-state index contributed by atoms with van der Waals surface area (Å²) in [7, 11) is 1.97. The Hall–Kier alpha value is -1.07. The van der Waals surface area contributed by atoms with Gasteiger partial charge >= 0.3 is 0 Å². The van der Waals surface area contributed by atoms with E-state index in [0.717, 1.165) is 25.2 Å². The Kier molecular flexibility index (Phi) is 8.23. The molecule has 1 aliphatic rings. The Balaban J connectivity index is 0.00000288. The first-order chi connectivity index (χ1) is 10.9. The number of nitrogens with one attached hydrogen (secondary N) is 2. The summed E-state index contributed by atoms with van der Waals surface area (Å²) in [6.07, 6.45) is 3.94. The molecular formula is C18H33ClN4O. The fraction of sp³-hybridized carbons (Fsp3) is 0.778. The van der Waals surface area contributed by atoms with Crippen LogP contribution in [0, 0.1) is 25.7 Å². The molecule has 1 aliphatic heterocycles. The molecule has 1 aromatic heterocycles. The maximum absolute atomic E-state index is 12.3. The zero-order chi connectivity index (χ0) is 17.0. The molecule has 2 heterocycles. The monoisotopic (exact) mass is 356 g/mol. The second kappa shape index (κ2) is 9.42. The van der Waals surface area contributed by atoms with E-state index in [2.05, 4.69) is 36.5 Å². The van der Waals surface area contributed by atoms with E-state index < -0.39 is 0 Å². The smallest absolute Gasteiger partial charge is 0.220 e. The van der Waals surface area contributed by atoms with Gasteiger partial charge in [0.2, 0.25) is 5.91 Å². The van der Waals surface area contributed by atoms with Crippen molar-refractivity contribution in [3.05, 3.63) is 17.0 Å². The minimum atomic E-state index is 0. The van der Waals surface area contributed by atoms with Gasteiger partial charge in [0.15, 0.2) is 0 Å². The number of piperidine rings is 1. The standard InChI is InChI=1S/C18H32N4O.ClH/c1-12(16-7-6-8-19-11-16)9-18(23)20-13(2)10-17-14(3)21-22(5)15(17)4;/h12-13,16,19H,6-11H2,1-5H3,(H,20,23);1H. The molecule has 0 radical (unpaired) electrons. The summed E-state index contributed by atoms with van der Waals surface area (Å²) < 4.78 is 1.91. The first kappa shape index (κ1) is 21.0. The van der Waals surface area contributed by atoms with Crippen molar-refractivity contribution in [1.29, 1.82) is 0 Å². The number of amides is 1. The number of nitrogens with zero attached hydrogens (tertiary/aromatic N) is 2. The van der Waals surface area contributed by atoms with Crippen LogP contribution in [-0.2, 0) is 18.3 Å². The topological polar surface area (TPSA) is 59.0 Å². The largest absolute Gasteiger partial charge is 0.353 e. The van der Waals surface area contributed by atoms with Crippen LogP contribution in [-0.4, -0.2) is 34.8 Å². The number of halogens is 1. The minimum absolute atomic E-state index is 0. The number of aryl methyl sites for hydroxylation is 2. The summed E-state index contributed by atoms with van der Waals surface area (Å²) in [5, 5.41) is 11.1. The van der Waals surface area contributed by atoms with Gasteiger partial charge in [-0.25, -0.2) is 0 Å². The van der Waals surface area contributed by atoms with Gasteiger partial charge in [-0.05, 0) is 70.5 Å². The molecule has 0 spiro atoms. The molecule has 0 saturated carbocycles. The molecule has 0 bridgehead atoms. The lowest BCUT2D eigenvalue weighted by Gasteiger charge is -2.28. The van der Waals surface area contributed by atoms with Crippen molar-refractivity contribution in [3.63, 3.8) is 0 Å². The molecule has 2 rings (SSSR count). The van der Waals surface area contributed by atoms with E-state index in [1.54, 1.807) is 0 Å². The average Bonchev–Trinajstić information content (AvgIpc) is 2.74. The van der Waals surface area contributed by atoms with Crippen molar-refractivity contribution in [2.75, 3.05) is 13.1 Å². The summed E-state index contributed by atoms with van der Waals surface area (Å²) >= 11 is 0. The van der Waals surface area contributed by atoms with Crippen molar-refractivity contribution in [2.45, 2.75) is 59.4 Å². The molecule has 1 saturated heterocycles. The van der Waals surface area contributed by atoms with Gasteiger partial charge in [0.1, 0.15) is 0 Å². The zero-order valence-electron chi connectivity index (χ0n) is 15.7. The van der Waals surface area contributed by atoms with Crippen molar-refractivity contribution in [3.8, 4) is 0 Å². The maximum atomic E-state index is 12.3. The number of hydrogen-bond acceptors (Lipinski definition) is 3. The molecular weight excluding hydrogens is 324 g/mol. The van der Waals surface area contributed by atoms with Gasteiger partial charge in [-0.3, -0.25) is 9.48 Å². The third-order valence-electron chi connectivity index (χ3n) is 5.22. The van der Waals surface area contributed by atoms with Gasteiger partial charge in [0, 0.05) is 25.2 Å². The van der Waals surface area contributed by atoms with E-state index in [4.69, 9.17) is 0 Å². The van der Waals surface area contributed by atoms with Crippen LogP contribution in [0.25, 0.3) is 0 Å². The molecule has 1 amide bonds. The number of aromatic nitrogens is 2. The summed E-state index contributed by atoms with van der Waals surface area (Å²) in [5.41, 5.74) is 3.50. The van der Waals surface area contributed by atoms with Crippen LogP contribution in [0.5, 0.6) is 0 Å². The molecule has 24 heavy (non-hydrogen) atoms. The van der Waals surface area contributed by atoms with Crippen molar-refractivity contribution in [1.82, 2.24) is 20.4 Å². The Morgan fingerprint density at radius 2 is 2.12 bits per heavy atom. The zero-order valence-corrected chi connectivity index (χ0v) is 16.5. The van der Waals surface area contributed by atoms with Crippen LogP contribution in [0.4, 0.5) is 0 Å². The van der Waals surface area contributed by atoms with Crippen molar-refractivity contribution in [2.24, 2.45) is 18.9 Å². The van der Waals surface area contributed by atoms with Gasteiger partial charge in [-0.15, -0.1) is 12.4 Å². The summed E-state index contributed by atoms with van der Waals surface area (Å²) in [6.45, 7) is 10.6. The highest BCUT2D eigenvalue weighted by atomic mass is 35.5. The second-order valence-corrected chi connectivity index (χ2v) is 7.23. The van der Waals surface area contributed by atoms with Crippen molar-refractivity contribution < 1.29 is 4.79 Å². The van der Waals surface area contributed by atoms with Gasteiger partial charge in [-0.1, -0.05) is 6.92 Å². The highest BCUT2D eigenvalue weighted by Crippen LogP contribution is 2.22. The Bertz CT molecular complexity index is 537. The molecule has 0 aromatic carbocycles. The first-order valence-corrected chi connectivity index (χ1v) is 8.87. The van der Waals surface area contributed by atoms with Gasteiger partial charge in [-0.2, -0.15) is 5.10 Å². The molecule has 3 unspecified atom stereocenters. The van der Waals surface area contributed by atoms with Gasteiger partial charge < -0.3 is 10.6 Å². The molecule has 6 heteroatoms. The average molecular weight is 357 g/mol. The fourth-order valence-electron chi connectivity index (χ4n) is 3.63. The SMILES string of the molecule is Cc1nn(C)c(C)c1CC(C)NC(=O)CC(C)C1CCCNC1.Cl. The van der Waals surface area contributed by atoms with Crippen molar-refractivity contribution >= 4 is 18.3 Å². The lowest BCUT2D eigenvalue weighted by Crippen LogP contribution is -2.38. The quantitative estimate of drug-likeness (QED) is 0.823. The van der Waals surface area contributed by atoms with E-state index in [1.807, 2.05) is 18.7 Å². The molecule has 138 valence electrons. The molecule has 1 fully saturated rings. The molecule has 1 aromatic rings. The second-order valence-electron chi connectivity index (χ2n) is 7.23. The number of rotatable bonds is 6.